The molecule has 6 heteroatoms. The second-order valence-electron chi connectivity index (χ2n) is 5.51. The van der Waals surface area contributed by atoms with E-state index in [1.54, 1.807) is 17.3 Å². The van der Waals surface area contributed by atoms with Crippen LogP contribution in [-0.4, -0.2) is 40.4 Å². The van der Waals surface area contributed by atoms with Gasteiger partial charge in [0.1, 0.15) is 12.7 Å². The van der Waals surface area contributed by atoms with Crippen molar-refractivity contribution in [1.29, 1.82) is 0 Å². The third kappa shape index (κ3) is 3.63. The van der Waals surface area contributed by atoms with Crippen molar-refractivity contribution in [2.45, 2.75) is 31.8 Å². The van der Waals surface area contributed by atoms with Crippen molar-refractivity contribution >= 4 is 5.96 Å². The number of guanidine groups is 1. The molecule has 1 aromatic heterocycles. The standard InChI is InChI=1S/C16H22N6/c1-17-16(19-8-9-22-12-18-11-20-22)21-15-7-6-13-4-2-3-5-14(13)10-15/h2-5,11-12,15H,6-10H2,1H3,(H2,17,19,21). The molecule has 1 aromatic carbocycles. The molecule has 0 radical (unpaired) electrons. The molecule has 0 spiro atoms. The smallest absolute Gasteiger partial charge is 0.191 e. The zero-order valence-corrected chi connectivity index (χ0v) is 12.9. The van der Waals surface area contributed by atoms with Crippen LogP contribution in [0.15, 0.2) is 41.9 Å². The molecule has 1 atom stereocenters. The third-order valence-corrected chi connectivity index (χ3v) is 4.01. The van der Waals surface area contributed by atoms with Crippen LogP contribution < -0.4 is 10.6 Å². The van der Waals surface area contributed by atoms with Gasteiger partial charge in [0.2, 0.25) is 0 Å². The largest absolute Gasteiger partial charge is 0.355 e. The van der Waals surface area contributed by atoms with E-state index >= 15 is 0 Å². The van der Waals surface area contributed by atoms with Crippen LogP contribution in [0.5, 0.6) is 0 Å². The lowest BCUT2D eigenvalue weighted by atomic mass is 9.88. The summed E-state index contributed by atoms with van der Waals surface area (Å²) in [5, 5.41) is 10.9. The summed E-state index contributed by atoms with van der Waals surface area (Å²) in [7, 11) is 1.81. The number of nitrogens with one attached hydrogen (secondary N) is 2. The van der Waals surface area contributed by atoms with Gasteiger partial charge in [-0.15, -0.1) is 0 Å². The van der Waals surface area contributed by atoms with E-state index < -0.39 is 0 Å². The van der Waals surface area contributed by atoms with Gasteiger partial charge in [0, 0.05) is 19.6 Å². The highest BCUT2D eigenvalue weighted by molar-refractivity contribution is 5.80. The monoisotopic (exact) mass is 298 g/mol. The molecule has 22 heavy (non-hydrogen) atoms. The highest BCUT2D eigenvalue weighted by atomic mass is 15.3. The van der Waals surface area contributed by atoms with E-state index in [0.717, 1.165) is 38.3 Å². The SMILES string of the molecule is CN=C(NCCn1cncn1)NC1CCc2ccccc2C1. The Hall–Kier alpha value is -2.37. The lowest BCUT2D eigenvalue weighted by molar-refractivity contribution is 0.516. The van der Waals surface area contributed by atoms with Crippen LogP contribution in [0.3, 0.4) is 0 Å². The van der Waals surface area contributed by atoms with Crippen LogP contribution >= 0.6 is 0 Å². The molecule has 1 unspecified atom stereocenters. The van der Waals surface area contributed by atoms with Gasteiger partial charge in [0.25, 0.3) is 0 Å². The Labute approximate surface area is 130 Å². The Balaban J connectivity index is 1.49. The first-order valence-electron chi connectivity index (χ1n) is 7.71. The van der Waals surface area contributed by atoms with Crippen molar-refractivity contribution in [2.75, 3.05) is 13.6 Å². The first-order valence-corrected chi connectivity index (χ1v) is 7.71. The molecule has 6 nitrogen and oxygen atoms in total. The van der Waals surface area contributed by atoms with Gasteiger partial charge in [0.05, 0.1) is 6.54 Å². The minimum Gasteiger partial charge on any atom is -0.355 e. The molecule has 0 bridgehead atoms. The van der Waals surface area contributed by atoms with Gasteiger partial charge in [0.15, 0.2) is 5.96 Å². The van der Waals surface area contributed by atoms with Crippen molar-refractivity contribution < 1.29 is 0 Å². The average molecular weight is 298 g/mol. The first-order chi connectivity index (χ1) is 10.8. The fraction of sp³-hybridized carbons (Fsp3) is 0.438. The topological polar surface area (TPSA) is 67.1 Å². The molecule has 116 valence electrons. The van der Waals surface area contributed by atoms with Crippen molar-refractivity contribution in [1.82, 2.24) is 25.4 Å². The van der Waals surface area contributed by atoms with E-state index in [2.05, 4.69) is 50.0 Å². The zero-order valence-electron chi connectivity index (χ0n) is 12.9. The molecule has 1 aliphatic rings. The first kappa shape index (κ1) is 14.6. The van der Waals surface area contributed by atoms with Crippen LogP contribution in [0.1, 0.15) is 17.5 Å². The average Bonchev–Trinajstić information content (AvgIpc) is 3.07. The van der Waals surface area contributed by atoms with Crippen molar-refractivity contribution in [2.24, 2.45) is 4.99 Å². The van der Waals surface area contributed by atoms with E-state index in [1.165, 1.54) is 11.1 Å². The number of rotatable bonds is 4. The molecule has 0 fully saturated rings. The summed E-state index contributed by atoms with van der Waals surface area (Å²) in [4.78, 5) is 8.24. The highest BCUT2D eigenvalue weighted by Crippen LogP contribution is 2.20. The van der Waals surface area contributed by atoms with Crippen molar-refractivity contribution in [3.63, 3.8) is 0 Å². The fourth-order valence-corrected chi connectivity index (χ4v) is 2.85. The minimum absolute atomic E-state index is 0.437. The van der Waals surface area contributed by atoms with Crippen LogP contribution in [0.4, 0.5) is 0 Å². The summed E-state index contributed by atoms with van der Waals surface area (Å²) >= 11 is 0. The number of aryl methyl sites for hydroxylation is 1. The number of aromatic nitrogens is 3. The second kappa shape index (κ2) is 7.06. The van der Waals surface area contributed by atoms with E-state index in [-0.39, 0.29) is 0 Å². The van der Waals surface area contributed by atoms with Crippen LogP contribution in [0, 0.1) is 0 Å². The molecule has 1 heterocycles. The van der Waals surface area contributed by atoms with Gasteiger partial charge in [-0.2, -0.15) is 5.10 Å². The molecule has 0 aliphatic heterocycles. The molecule has 0 saturated heterocycles. The number of benzene rings is 1. The van der Waals surface area contributed by atoms with Gasteiger partial charge >= 0.3 is 0 Å². The third-order valence-electron chi connectivity index (χ3n) is 4.01. The van der Waals surface area contributed by atoms with Crippen LogP contribution in [0.2, 0.25) is 0 Å². The molecule has 0 amide bonds. The quantitative estimate of drug-likeness (QED) is 0.653. The summed E-state index contributed by atoms with van der Waals surface area (Å²) in [6.07, 6.45) is 6.59. The van der Waals surface area contributed by atoms with Crippen LogP contribution in [-0.2, 0) is 19.4 Å². The molecule has 2 N–H and O–H groups in total. The summed E-state index contributed by atoms with van der Waals surface area (Å²) < 4.78 is 1.80. The molecule has 3 rings (SSSR count). The Morgan fingerprint density at radius 1 is 1.36 bits per heavy atom. The van der Waals surface area contributed by atoms with Gasteiger partial charge in [-0.05, 0) is 30.4 Å². The van der Waals surface area contributed by atoms with E-state index in [1.807, 2.05) is 7.05 Å². The molecule has 2 aromatic rings. The Morgan fingerprint density at radius 2 is 2.23 bits per heavy atom. The van der Waals surface area contributed by atoms with E-state index in [9.17, 15) is 0 Å². The lowest BCUT2D eigenvalue weighted by Crippen LogP contribution is -2.46. The van der Waals surface area contributed by atoms with Gasteiger partial charge in [-0.25, -0.2) is 4.98 Å². The molecular weight excluding hydrogens is 276 g/mol. The maximum absolute atomic E-state index is 4.31. The molecule has 1 aliphatic carbocycles. The van der Waals surface area contributed by atoms with Crippen molar-refractivity contribution in [3.05, 3.63) is 48.0 Å². The fourth-order valence-electron chi connectivity index (χ4n) is 2.85. The van der Waals surface area contributed by atoms with E-state index in [4.69, 9.17) is 0 Å². The number of fused-ring (bicyclic) bond motifs is 1. The summed E-state index contributed by atoms with van der Waals surface area (Å²) in [6.45, 7) is 1.54. The summed E-state index contributed by atoms with van der Waals surface area (Å²) in [5.41, 5.74) is 2.93. The molecular formula is C16H22N6. The van der Waals surface area contributed by atoms with Gasteiger partial charge < -0.3 is 10.6 Å². The normalized spacial score (nSPS) is 17.9. The van der Waals surface area contributed by atoms with Gasteiger partial charge in [-0.3, -0.25) is 9.67 Å². The number of aliphatic imine (C=N–C) groups is 1. The Morgan fingerprint density at radius 3 is 3.00 bits per heavy atom. The molecule has 0 saturated carbocycles. The number of nitrogens with zero attached hydrogens (tertiary/aromatic N) is 4. The Kier molecular flexibility index (Phi) is 4.68. The van der Waals surface area contributed by atoms with Crippen molar-refractivity contribution in [3.8, 4) is 0 Å². The Bertz CT molecular complexity index is 619. The number of hydrogen-bond acceptors (Lipinski definition) is 3. The van der Waals surface area contributed by atoms with E-state index in [0.29, 0.717) is 6.04 Å². The lowest BCUT2D eigenvalue weighted by Gasteiger charge is -2.27. The zero-order chi connectivity index (χ0) is 15.2. The second-order valence-corrected chi connectivity index (χ2v) is 5.51. The van der Waals surface area contributed by atoms with Crippen LogP contribution in [0.25, 0.3) is 0 Å². The maximum Gasteiger partial charge on any atom is 0.191 e. The van der Waals surface area contributed by atoms with Gasteiger partial charge in [-0.1, -0.05) is 24.3 Å². The minimum atomic E-state index is 0.437. The summed E-state index contributed by atoms with van der Waals surface area (Å²) in [5.74, 6) is 0.851. The number of hydrogen-bond donors (Lipinski definition) is 2. The predicted molar refractivity (Wildman–Crippen MR) is 86.8 cm³/mol. The predicted octanol–water partition coefficient (Wildman–Crippen LogP) is 1.00. The maximum atomic E-state index is 4.31. The summed E-state index contributed by atoms with van der Waals surface area (Å²) in [6, 6.07) is 9.14. The highest BCUT2D eigenvalue weighted by Gasteiger charge is 2.18.